The summed E-state index contributed by atoms with van der Waals surface area (Å²) in [5.74, 6) is 0.329. The fourth-order valence-electron chi connectivity index (χ4n) is 3.20. The molecule has 0 spiro atoms. The van der Waals surface area contributed by atoms with E-state index >= 15 is 0 Å². The summed E-state index contributed by atoms with van der Waals surface area (Å²) in [4.78, 5) is 26.4. The molecular weight excluding hydrogens is 292 g/mol. The summed E-state index contributed by atoms with van der Waals surface area (Å²) in [6.45, 7) is 8.43. The van der Waals surface area contributed by atoms with Crippen LogP contribution in [-0.4, -0.2) is 47.6 Å². The second-order valence-corrected chi connectivity index (χ2v) is 7.72. The fourth-order valence-corrected chi connectivity index (χ4v) is 3.20. The second kappa shape index (κ2) is 9.26. The molecule has 0 aliphatic heterocycles. The largest absolute Gasteiger partial charge is 0.393 e. The summed E-state index contributed by atoms with van der Waals surface area (Å²) >= 11 is 0. The Morgan fingerprint density at radius 3 is 2.30 bits per heavy atom. The standard InChI is InChI=1S/C18H34N2O3/c1-12(2)10-16(22)19-17(13(3)4)18(23)20(5)11-14-8-6-7-9-15(14)21/h12-15,17,21H,6-11H2,1-5H3,(H,19,22). The number of nitrogens with one attached hydrogen (secondary N) is 1. The van der Waals surface area contributed by atoms with E-state index in [1.165, 1.54) is 0 Å². The molecule has 23 heavy (non-hydrogen) atoms. The highest BCUT2D eigenvalue weighted by Crippen LogP contribution is 2.25. The van der Waals surface area contributed by atoms with Gasteiger partial charge in [0, 0.05) is 25.9 Å². The van der Waals surface area contributed by atoms with Gasteiger partial charge in [-0.1, -0.05) is 40.5 Å². The first kappa shape index (κ1) is 19.9. The summed E-state index contributed by atoms with van der Waals surface area (Å²) in [7, 11) is 1.77. The number of likely N-dealkylation sites (N-methyl/N-ethyl adjacent to an activating group) is 1. The number of hydrogen-bond donors (Lipinski definition) is 2. The van der Waals surface area contributed by atoms with Crippen LogP contribution in [0.5, 0.6) is 0 Å². The number of rotatable bonds is 7. The Balaban J connectivity index is 2.63. The number of amides is 2. The summed E-state index contributed by atoms with van der Waals surface area (Å²) in [6.07, 6.45) is 4.09. The van der Waals surface area contributed by atoms with Crippen LogP contribution in [0.15, 0.2) is 0 Å². The van der Waals surface area contributed by atoms with Crippen LogP contribution in [0.25, 0.3) is 0 Å². The van der Waals surface area contributed by atoms with Crippen molar-refractivity contribution in [1.82, 2.24) is 10.2 Å². The number of aliphatic hydroxyl groups excluding tert-OH is 1. The first-order valence-corrected chi connectivity index (χ1v) is 8.94. The van der Waals surface area contributed by atoms with Crippen LogP contribution in [0.2, 0.25) is 0 Å². The van der Waals surface area contributed by atoms with Gasteiger partial charge in [-0.2, -0.15) is 0 Å². The summed E-state index contributed by atoms with van der Waals surface area (Å²) in [5.41, 5.74) is 0. The molecule has 0 radical (unpaired) electrons. The maximum atomic E-state index is 12.7. The highest BCUT2D eigenvalue weighted by atomic mass is 16.3. The predicted octanol–water partition coefficient (Wildman–Crippen LogP) is 2.18. The van der Waals surface area contributed by atoms with Crippen molar-refractivity contribution in [2.75, 3.05) is 13.6 Å². The molecule has 0 aromatic heterocycles. The number of nitrogens with zero attached hydrogens (tertiary/aromatic N) is 1. The second-order valence-electron chi connectivity index (χ2n) is 7.72. The molecule has 134 valence electrons. The van der Waals surface area contributed by atoms with E-state index < -0.39 is 6.04 Å². The van der Waals surface area contributed by atoms with Gasteiger partial charge >= 0.3 is 0 Å². The molecule has 0 aromatic rings. The molecule has 5 heteroatoms. The van der Waals surface area contributed by atoms with Crippen LogP contribution in [0.3, 0.4) is 0 Å². The summed E-state index contributed by atoms with van der Waals surface area (Å²) < 4.78 is 0. The van der Waals surface area contributed by atoms with E-state index in [1.807, 2.05) is 27.7 Å². The van der Waals surface area contributed by atoms with Gasteiger partial charge in [0.25, 0.3) is 0 Å². The highest BCUT2D eigenvalue weighted by molar-refractivity contribution is 5.87. The van der Waals surface area contributed by atoms with Gasteiger partial charge in [0.1, 0.15) is 6.04 Å². The van der Waals surface area contributed by atoms with Crippen molar-refractivity contribution >= 4 is 11.8 Å². The minimum atomic E-state index is -0.494. The first-order valence-electron chi connectivity index (χ1n) is 8.94. The van der Waals surface area contributed by atoms with E-state index in [-0.39, 0.29) is 35.7 Å². The Bertz CT molecular complexity index is 396. The molecule has 1 fully saturated rings. The highest BCUT2D eigenvalue weighted by Gasteiger charge is 2.30. The maximum absolute atomic E-state index is 12.7. The minimum Gasteiger partial charge on any atom is -0.393 e. The van der Waals surface area contributed by atoms with Gasteiger partial charge in [0.05, 0.1) is 6.10 Å². The van der Waals surface area contributed by atoms with Crippen LogP contribution in [0.4, 0.5) is 0 Å². The van der Waals surface area contributed by atoms with Gasteiger partial charge in [-0.05, 0) is 24.7 Å². The number of aliphatic hydroxyl groups is 1. The lowest BCUT2D eigenvalue weighted by molar-refractivity contribution is -0.137. The predicted molar refractivity (Wildman–Crippen MR) is 91.8 cm³/mol. The molecule has 1 saturated carbocycles. The van der Waals surface area contributed by atoms with Crippen molar-refractivity contribution in [3.05, 3.63) is 0 Å². The van der Waals surface area contributed by atoms with Crippen molar-refractivity contribution < 1.29 is 14.7 Å². The number of carbonyl (C=O) groups excluding carboxylic acids is 2. The summed E-state index contributed by atoms with van der Waals surface area (Å²) in [5, 5.41) is 13.0. The Labute approximate surface area is 140 Å². The Kier molecular flexibility index (Phi) is 8.03. The van der Waals surface area contributed by atoms with E-state index in [2.05, 4.69) is 5.32 Å². The number of carbonyl (C=O) groups is 2. The maximum Gasteiger partial charge on any atom is 0.245 e. The number of hydrogen-bond acceptors (Lipinski definition) is 3. The molecule has 0 saturated heterocycles. The van der Waals surface area contributed by atoms with E-state index in [4.69, 9.17) is 0 Å². The van der Waals surface area contributed by atoms with E-state index in [0.29, 0.717) is 13.0 Å². The van der Waals surface area contributed by atoms with Gasteiger partial charge in [-0.15, -0.1) is 0 Å². The lowest BCUT2D eigenvalue weighted by atomic mass is 9.86. The Morgan fingerprint density at radius 1 is 1.17 bits per heavy atom. The van der Waals surface area contributed by atoms with Crippen molar-refractivity contribution in [2.45, 2.75) is 71.9 Å². The lowest BCUT2D eigenvalue weighted by Crippen LogP contribution is -2.51. The van der Waals surface area contributed by atoms with Crippen LogP contribution in [0, 0.1) is 17.8 Å². The van der Waals surface area contributed by atoms with Crippen molar-refractivity contribution in [3.8, 4) is 0 Å². The summed E-state index contributed by atoms with van der Waals surface area (Å²) in [6, 6.07) is -0.494. The average molecular weight is 326 g/mol. The van der Waals surface area contributed by atoms with Crippen LogP contribution >= 0.6 is 0 Å². The molecule has 0 aromatic carbocycles. The van der Waals surface area contributed by atoms with E-state index in [0.717, 1.165) is 25.7 Å². The molecular formula is C18H34N2O3. The van der Waals surface area contributed by atoms with Crippen LogP contribution in [-0.2, 0) is 9.59 Å². The average Bonchev–Trinajstić information content (AvgIpc) is 2.45. The quantitative estimate of drug-likeness (QED) is 0.753. The molecule has 0 bridgehead atoms. The molecule has 3 atom stereocenters. The molecule has 2 N–H and O–H groups in total. The van der Waals surface area contributed by atoms with Gasteiger partial charge in [-0.25, -0.2) is 0 Å². The smallest absolute Gasteiger partial charge is 0.245 e. The molecule has 1 aliphatic rings. The fraction of sp³-hybridized carbons (Fsp3) is 0.889. The zero-order valence-electron chi connectivity index (χ0n) is 15.3. The van der Waals surface area contributed by atoms with Gasteiger partial charge in [0.15, 0.2) is 0 Å². The topological polar surface area (TPSA) is 69.6 Å². The van der Waals surface area contributed by atoms with Gasteiger partial charge < -0.3 is 15.3 Å². The minimum absolute atomic E-state index is 0.0392. The monoisotopic (exact) mass is 326 g/mol. The van der Waals surface area contributed by atoms with Crippen molar-refractivity contribution in [1.29, 1.82) is 0 Å². The first-order chi connectivity index (χ1) is 10.7. The van der Waals surface area contributed by atoms with Crippen molar-refractivity contribution in [3.63, 3.8) is 0 Å². The third kappa shape index (κ3) is 6.50. The van der Waals surface area contributed by atoms with Crippen LogP contribution < -0.4 is 5.32 Å². The SMILES string of the molecule is CC(C)CC(=O)NC(C(=O)N(C)CC1CCCCC1O)C(C)C. The normalized spacial score (nSPS) is 23.0. The zero-order chi connectivity index (χ0) is 17.6. The lowest BCUT2D eigenvalue weighted by Gasteiger charge is -2.33. The molecule has 1 rings (SSSR count). The third-order valence-electron chi connectivity index (χ3n) is 4.60. The van der Waals surface area contributed by atoms with Gasteiger partial charge in [0.2, 0.25) is 11.8 Å². The molecule has 2 amide bonds. The Morgan fingerprint density at radius 2 is 1.78 bits per heavy atom. The van der Waals surface area contributed by atoms with Gasteiger partial charge in [-0.3, -0.25) is 9.59 Å². The molecule has 5 nitrogen and oxygen atoms in total. The molecule has 1 aliphatic carbocycles. The Hall–Kier alpha value is -1.10. The van der Waals surface area contributed by atoms with E-state index in [1.54, 1.807) is 11.9 Å². The zero-order valence-corrected chi connectivity index (χ0v) is 15.3. The van der Waals surface area contributed by atoms with E-state index in [9.17, 15) is 14.7 Å². The third-order valence-corrected chi connectivity index (χ3v) is 4.60. The molecule has 3 unspecified atom stereocenters. The van der Waals surface area contributed by atoms with Crippen molar-refractivity contribution in [2.24, 2.45) is 17.8 Å². The van der Waals surface area contributed by atoms with Crippen LogP contribution in [0.1, 0.15) is 59.8 Å². The molecule has 0 heterocycles.